The van der Waals surface area contributed by atoms with Gasteiger partial charge in [0.05, 0.1) is 6.61 Å². The average molecular weight is 278 g/mol. The van der Waals surface area contributed by atoms with Crippen molar-refractivity contribution in [2.24, 2.45) is 0 Å². The van der Waals surface area contributed by atoms with Crippen molar-refractivity contribution in [3.63, 3.8) is 0 Å². The molecule has 19 heavy (non-hydrogen) atoms. The maximum absolute atomic E-state index is 11.8. The number of nitrogens with two attached hydrogens (primary N) is 1. The molecule has 0 bridgehead atoms. The van der Waals surface area contributed by atoms with Gasteiger partial charge in [-0.25, -0.2) is 0 Å². The van der Waals surface area contributed by atoms with Crippen LogP contribution in [0.4, 0.5) is 5.69 Å². The van der Waals surface area contributed by atoms with Gasteiger partial charge in [-0.05, 0) is 17.7 Å². The summed E-state index contributed by atoms with van der Waals surface area (Å²) in [6.07, 6.45) is 0. The predicted molar refractivity (Wildman–Crippen MR) is 73.6 cm³/mol. The van der Waals surface area contributed by atoms with Gasteiger partial charge in [0, 0.05) is 11.8 Å². The first-order valence-electron chi connectivity index (χ1n) is 5.57. The molecule has 0 aliphatic carbocycles. The molecule has 2 aromatic carbocycles. The molecule has 0 aliphatic rings. The fourth-order valence-corrected chi connectivity index (χ4v) is 2.13. The van der Waals surface area contributed by atoms with E-state index >= 15 is 0 Å². The van der Waals surface area contributed by atoms with Crippen LogP contribution in [0.3, 0.4) is 0 Å². The molecule has 100 valence electrons. The highest BCUT2D eigenvalue weighted by Gasteiger charge is 2.09. The second-order valence-corrected chi connectivity index (χ2v) is 5.17. The van der Waals surface area contributed by atoms with Crippen LogP contribution in [-0.2, 0) is 21.1 Å². The zero-order valence-corrected chi connectivity index (χ0v) is 10.9. The number of nitrogens with one attached hydrogen (secondary N) is 1. The lowest BCUT2D eigenvalue weighted by Crippen LogP contribution is -2.11. The molecule has 0 aromatic heterocycles. The molecule has 0 heterocycles. The Morgan fingerprint density at radius 1 is 1.11 bits per heavy atom. The predicted octanol–water partition coefficient (Wildman–Crippen LogP) is 2.74. The van der Waals surface area contributed by atoms with Crippen molar-refractivity contribution in [2.75, 3.05) is 5.73 Å². The van der Waals surface area contributed by atoms with Crippen molar-refractivity contribution in [3.8, 4) is 5.75 Å². The van der Waals surface area contributed by atoms with E-state index in [-0.39, 0.29) is 12.4 Å². The van der Waals surface area contributed by atoms with Gasteiger partial charge < -0.3 is 9.92 Å². The Labute approximate surface area is 112 Å². The van der Waals surface area contributed by atoms with Crippen LogP contribution < -0.4 is 9.92 Å². The summed E-state index contributed by atoms with van der Waals surface area (Å²) in [6.45, 7) is 0.0471. The van der Waals surface area contributed by atoms with Crippen LogP contribution in [0.2, 0.25) is 0 Å². The summed E-state index contributed by atoms with van der Waals surface area (Å²) in [4.78, 5) is 0. The van der Waals surface area contributed by atoms with Crippen LogP contribution in [0.15, 0.2) is 54.6 Å². The number of anilines is 1. The number of hydrogen-bond donors (Lipinski definition) is 2. The van der Waals surface area contributed by atoms with Gasteiger partial charge in [0.1, 0.15) is 5.75 Å². The van der Waals surface area contributed by atoms with Gasteiger partial charge in [-0.15, -0.1) is 0 Å². The normalized spacial score (nSPS) is 13.7. The molecule has 1 atom stereocenters. The van der Waals surface area contributed by atoms with E-state index < -0.39 is 10.3 Å². The average Bonchev–Trinajstić information content (AvgIpc) is 2.37. The monoisotopic (exact) mass is 278 g/mol. The largest absolute Gasteiger partial charge is 0.399 e. The fraction of sp³-hybridized carbons (Fsp3) is 0.0769. The third-order valence-corrected chi connectivity index (χ3v) is 3.13. The molecule has 1 unspecified atom stereocenters. The highest BCUT2D eigenvalue weighted by molar-refractivity contribution is 7.83. The molecule has 0 radical (unpaired) electrons. The van der Waals surface area contributed by atoms with E-state index in [2.05, 4.69) is 0 Å². The molecule has 3 N–H and O–H groups in total. The number of nitrogen functional groups attached to an aromatic ring is 1. The molecule has 0 aliphatic heterocycles. The fourth-order valence-electron chi connectivity index (χ4n) is 1.44. The van der Waals surface area contributed by atoms with Crippen LogP contribution in [-0.4, -0.2) is 4.21 Å². The molecular weight excluding hydrogens is 264 g/mol. The minimum absolute atomic E-state index is 0.0471. The molecule has 5 nitrogen and oxygen atoms in total. The van der Waals surface area contributed by atoms with Crippen molar-refractivity contribution in [1.29, 1.82) is 4.78 Å². The number of benzene rings is 2. The van der Waals surface area contributed by atoms with Gasteiger partial charge in [-0.1, -0.05) is 36.4 Å². The Morgan fingerprint density at radius 2 is 1.84 bits per heavy atom. The van der Waals surface area contributed by atoms with Crippen molar-refractivity contribution < 1.29 is 12.6 Å². The molecule has 0 saturated carbocycles. The zero-order chi connectivity index (χ0) is 13.7. The minimum atomic E-state index is -3.61. The van der Waals surface area contributed by atoms with Crippen LogP contribution in [0.25, 0.3) is 0 Å². The quantitative estimate of drug-likeness (QED) is 0.823. The van der Waals surface area contributed by atoms with E-state index in [1.807, 2.05) is 30.3 Å². The second-order valence-electron chi connectivity index (χ2n) is 3.86. The smallest absolute Gasteiger partial charge is 0.337 e. The van der Waals surface area contributed by atoms with Crippen LogP contribution in [0, 0.1) is 4.78 Å². The third kappa shape index (κ3) is 4.27. The minimum Gasteiger partial charge on any atom is -0.399 e. The molecular formula is C13H14N2O3S. The summed E-state index contributed by atoms with van der Waals surface area (Å²) in [6, 6.07) is 15.5. The molecule has 2 aromatic rings. The van der Waals surface area contributed by atoms with E-state index in [0.29, 0.717) is 5.69 Å². The van der Waals surface area contributed by atoms with Crippen molar-refractivity contribution >= 4 is 16.0 Å². The summed E-state index contributed by atoms with van der Waals surface area (Å²) >= 11 is 0. The molecule has 0 amide bonds. The lowest BCUT2D eigenvalue weighted by molar-refractivity contribution is 0.289. The van der Waals surface area contributed by atoms with Crippen LogP contribution in [0.5, 0.6) is 5.75 Å². The molecule has 0 saturated heterocycles. The maximum Gasteiger partial charge on any atom is 0.337 e. The van der Waals surface area contributed by atoms with Gasteiger partial charge >= 0.3 is 10.3 Å². The van der Waals surface area contributed by atoms with E-state index in [0.717, 1.165) is 5.56 Å². The maximum atomic E-state index is 11.8. The first-order chi connectivity index (χ1) is 9.05. The van der Waals surface area contributed by atoms with Gasteiger partial charge in [0.15, 0.2) is 0 Å². The van der Waals surface area contributed by atoms with Gasteiger partial charge in [0.25, 0.3) is 0 Å². The highest BCUT2D eigenvalue weighted by atomic mass is 32.2. The molecule has 6 heteroatoms. The molecule has 2 rings (SSSR count). The Bertz CT molecular complexity index is 642. The Morgan fingerprint density at radius 3 is 2.53 bits per heavy atom. The third-order valence-electron chi connectivity index (χ3n) is 2.29. The highest BCUT2D eigenvalue weighted by Crippen LogP contribution is 2.18. The summed E-state index contributed by atoms with van der Waals surface area (Å²) in [7, 11) is -3.61. The summed E-state index contributed by atoms with van der Waals surface area (Å²) in [5.74, 6) is 0.244. The summed E-state index contributed by atoms with van der Waals surface area (Å²) in [5, 5.41) is 0. The zero-order valence-electron chi connectivity index (χ0n) is 10.1. The SMILES string of the molecule is N=S(=O)(OCc1ccccc1)Oc1cccc(N)c1. The molecule has 0 fully saturated rings. The first-order valence-corrected chi connectivity index (χ1v) is 6.98. The lowest BCUT2D eigenvalue weighted by atomic mass is 10.2. The van der Waals surface area contributed by atoms with E-state index in [1.54, 1.807) is 18.2 Å². The number of hydrogen-bond acceptors (Lipinski definition) is 5. The second kappa shape index (κ2) is 5.73. The van der Waals surface area contributed by atoms with Gasteiger partial charge in [-0.2, -0.15) is 8.99 Å². The topological polar surface area (TPSA) is 85.4 Å². The van der Waals surface area contributed by atoms with Gasteiger partial charge in [0.2, 0.25) is 0 Å². The van der Waals surface area contributed by atoms with E-state index in [1.165, 1.54) is 6.07 Å². The standard InChI is InChI=1S/C13H14N2O3S/c14-12-7-4-8-13(9-12)18-19(15,16)17-10-11-5-2-1-3-6-11/h1-9,15H,10,14H2. The number of rotatable bonds is 5. The van der Waals surface area contributed by atoms with Crippen molar-refractivity contribution in [2.45, 2.75) is 6.61 Å². The first kappa shape index (κ1) is 13.4. The van der Waals surface area contributed by atoms with E-state index in [9.17, 15) is 4.21 Å². The lowest BCUT2D eigenvalue weighted by Gasteiger charge is -2.10. The Kier molecular flexibility index (Phi) is 4.03. The summed E-state index contributed by atoms with van der Waals surface area (Å²) in [5.41, 5.74) is 6.85. The van der Waals surface area contributed by atoms with E-state index in [4.69, 9.17) is 18.9 Å². The van der Waals surface area contributed by atoms with Gasteiger partial charge in [-0.3, -0.25) is 4.18 Å². The van der Waals surface area contributed by atoms with Crippen LogP contribution >= 0.6 is 0 Å². The van der Waals surface area contributed by atoms with Crippen molar-refractivity contribution in [1.82, 2.24) is 0 Å². The molecule has 0 spiro atoms. The Hall–Kier alpha value is -2.05. The van der Waals surface area contributed by atoms with Crippen molar-refractivity contribution in [3.05, 3.63) is 60.2 Å². The summed E-state index contributed by atoms with van der Waals surface area (Å²) < 4.78 is 29.3. The Balaban J connectivity index is 1.99. The van der Waals surface area contributed by atoms with Crippen LogP contribution in [0.1, 0.15) is 5.56 Å².